The van der Waals surface area contributed by atoms with E-state index < -0.39 is 0 Å². The lowest BCUT2D eigenvalue weighted by molar-refractivity contribution is 0.252. The van der Waals surface area contributed by atoms with Crippen molar-refractivity contribution in [1.29, 1.82) is 0 Å². The number of hydrogen-bond acceptors (Lipinski definition) is 4. The van der Waals surface area contributed by atoms with E-state index in [1.807, 2.05) is 35.3 Å². The highest BCUT2D eigenvalue weighted by atomic mass is 16.5. The first kappa shape index (κ1) is 17.2. The summed E-state index contributed by atoms with van der Waals surface area (Å²) in [4.78, 5) is 10.4. The first-order valence-electron chi connectivity index (χ1n) is 8.50. The molecule has 0 saturated carbocycles. The Bertz CT molecular complexity index is 741. The van der Waals surface area contributed by atoms with Gasteiger partial charge in [-0.1, -0.05) is 12.1 Å². The third-order valence-electron chi connectivity index (χ3n) is 4.38. The van der Waals surface area contributed by atoms with E-state index in [4.69, 9.17) is 4.74 Å². The van der Waals surface area contributed by atoms with Crippen LogP contribution in [0.15, 0.2) is 67.5 Å². The molecule has 0 bridgehead atoms. The molecular weight excluding hydrogens is 312 g/mol. The second-order valence-electron chi connectivity index (χ2n) is 6.16. The molecule has 0 saturated heterocycles. The third-order valence-corrected chi connectivity index (χ3v) is 4.38. The van der Waals surface area contributed by atoms with E-state index >= 15 is 0 Å². The number of aromatic nitrogens is 3. The molecule has 0 amide bonds. The maximum absolute atomic E-state index is 5.79. The van der Waals surface area contributed by atoms with Gasteiger partial charge < -0.3 is 9.30 Å². The lowest BCUT2D eigenvalue weighted by atomic mass is 10.1. The molecule has 1 aromatic carbocycles. The third kappa shape index (κ3) is 4.90. The van der Waals surface area contributed by atoms with Crippen LogP contribution in [0.25, 0.3) is 0 Å². The average Bonchev–Trinajstić information content (AvgIpc) is 3.17. The Morgan fingerprint density at radius 1 is 1.04 bits per heavy atom. The van der Waals surface area contributed by atoms with E-state index in [1.54, 1.807) is 12.5 Å². The summed E-state index contributed by atoms with van der Waals surface area (Å²) >= 11 is 0. The Balaban J connectivity index is 1.50. The molecule has 0 aliphatic rings. The van der Waals surface area contributed by atoms with Crippen molar-refractivity contribution in [2.45, 2.75) is 26.1 Å². The van der Waals surface area contributed by atoms with E-state index in [0.29, 0.717) is 12.6 Å². The zero-order chi connectivity index (χ0) is 17.5. The van der Waals surface area contributed by atoms with Crippen LogP contribution in [0.2, 0.25) is 0 Å². The molecule has 2 aromatic heterocycles. The molecule has 25 heavy (non-hydrogen) atoms. The fraction of sp³-hybridized carbons (Fsp3) is 0.300. The van der Waals surface area contributed by atoms with Gasteiger partial charge in [-0.2, -0.15) is 0 Å². The summed E-state index contributed by atoms with van der Waals surface area (Å²) in [6.45, 7) is 4.53. The van der Waals surface area contributed by atoms with E-state index in [1.165, 1.54) is 11.1 Å². The van der Waals surface area contributed by atoms with Crippen LogP contribution < -0.4 is 4.74 Å². The van der Waals surface area contributed by atoms with Gasteiger partial charge in [-0.15, -0.1) is 0 Å². The highest BCUT2D eigenvalue weighted by Crippen LogP contribution is 2.21. The molecule has 2 heterocycles. The van der Waals surface area contributed by atoms with Gasteiger partial charge in [-0.25, -0.2) is 4.98 Å². The summed E-state index contributed by atoms with van der Waals surface area (Å²) in [5, 5.41) is 0. The van der Waals surface area contributed by atoms with Crippen LogP contribution in [0, 0.1) is 0 Å². The molecule has 0 spiro atoms. The summed E-state index contributed by atoms with van der Waals surface area (Å²) in [5.41, 5.74) is 2.54. The van der Waals surface area contributed by atoms with Crippen LogP contribution in [-0.2, 0) is 13.1 Å². The number of nitrogens with zero attached hydrogens (tertiary/aromatic N) is 4. The molecule has 0 radical (unpaired) electrons. The normalized spacial score (nSPS) is 12.3. The second-order valence-corrected chi connectivity index (χ2v) is 6.16. The smallest absolute Gasteiger partial charge is 0.119 e. The van der Waals surface area contributed by atoms with Crippen LogP contribution >= 0.6 is 0 Å². The molecule has 3 rings (SSSR count). The molecule has 0 unspecified atom stereocenters. The number of pyridine rings is 1. The van der Waals surface area contributed by atoms with E-state index in [0.717, 1.165) is 18.8 Å². The largest absolute Gasteiger partial charge is 0.492 e. The van der Waals surface area contributed by atoms with Gasteiger partial charge in [0.1, 0.15) is 12.4 Å². The van der Waals surface area contributed by atoms with E-state index in [9.17, 15) is 0 Å². The van der Waals surface area contributed by atoms with Crippen molar-refractivity contribution in [2.75, 3.05) is 13.7 Å². The SMILES string of the molecule is C[C@H](c1ccncc1)N(C)Cc1ccc(OCCn2ccnc2)cc1. The standard InChI is InChI=1S/C20H24N4O/c1-17(19-7-9-21-10-8-19)23(2)15-18-3-5-20(6-4-18)25-14-13-24-12-11-22-16-24/h3-12,16-17H,13-15H2,1-2H3/t17-/m1/s1. The van der Waals surface area contributed by atoms with E-state index in [2.05, 4.69) is 53.1 Å². The van der Waals surface area contributed by atoms with Crippen molar-refractivity contribution >= 4 is 0 Å². The molecule has 3 aromatic rings. The molecular formula is C20H24N4O. The maximum atomic E-state index is 5.79. The Morgan fingerprint density at radius 2 is 1.80 bits per heavy atom. The van der Waals surface area contributed by atoms with Gasteiger partial charge in [0, 0.05) is 37.4 Å². The number of imidazole rings is 1. The van der Waals surface area contributed by atoms with Gasteiger partial charge >= 0.3 is 0 Å². The molecule has 0 aliphatic carbocycles. The van der Waals surface area contributed by atoms with Crippen LogP contribution in [0.5, 0.6) is 5.75 Å². The predicted octanol–water partition coefficient (Wildman–Crippen LogP) is 3.55. The summed E-state index contributed by atoms with van der Waals surface area (Å²) in [6.07, 6.45) is 9.20. The van der Waals surface area contributed by atoms with Crippen molar-refractivity contribution in [3.8, 4) is 5.75 Å². The molecule has 130 valence electrons. The fourth-order valence-electron chi connectivity index (χ4n) is 2.70. The minimum atomic E-state index is 0.342. The van der Waals surface area contributed by atoms with Crippen molar-refractivity contribution in [3.63, 3.8) is 0 Å². The van der Waals surface area contributed by atoms with Gasteiger partial charge in [0.2, 0.25) is 0 Å². The topological polar surface area (TPSA) is 43.2 Å². The Morgan fingerprint density at radius 3 is 2.48 bits per heavy atom. The first-order chi connectivity index (χ1) is 12.2. The van der Waals surface area contributed by atoms with E-state index in [-0.39, 0.29) is 0 Å². The molecule has 0 fully saturated rings. The molecule has 1 atom stereocenters. The quantitative estimate of drug-likeness (QED) is 0.631. The zero-order valence-corrected chi connectivity index (χ0v) is 14.7. The summed E-state index contributed by atoms with van der Waals surface area (Å²) < 4.78 is 7.79. The number of rotatable bonds is 8. The fourth-order valence-corrected chi connectivity index (χ4v) is 2.70. The first-order valence-corrected chi connectivity index (χ1v) is 8.50. The van der Waals surface area contributed by atoms with Crippen molar-refractivity contribution in [2.24, 2.45) is 0 Å². The van der Waals surface area contributed by atoms with Gasteiger partial charge in [-0.05, 0) is 49.4 Å². The van der Waals surface area contributed by atoms with Gasteiger partial charge in [0.25, 0.3) is 0 Å². The Hall–Kier alpha value is -2.66. The van der Waals surface area contributed by atoms with Crippen LogP contribution in [-0.4, -0.2) is 33.1 Å². The average molecular weight is 336 g/mol. The van der Waals surface area contributed by atoms with Crippen LogP contribution in [0.3, 0.4) is 0 Å². The minimum absolute atomic E-state index is 0.342. The van der Waals surface area contributed by atoms with Crippen LogP contribution in [0.1, 0.15) is 24.1 Å². The summed E-state index contributed by atoms with van der Waals surface area (Å²) in [5.74, 6) is 0.897. The number of ether oxygens (including phenoxy) is 1. The Kier molecular flexibility index (Phi) is 5.80. The van der Waals surface area contributed by atoms with Crippen molar-refractivity contribution < 1.29 is 4.74 Å². The van der Waals surface area contributed by atoms with Crippen LogP contribution in [0.4, 0.5) is 0 Å². The van der Waals surface area contributed by atoms with Gasteiger partial charge in [0.15, 0.2) is 0 Å². The van der Waals surface area contributed by atoms with Crippen molar-refractivity contribution in [1.82, 2.24) is 19.4 Å². The monoisotopic (exact) mass is 336 g/mol. The number of benzene rings is 1. The zero-order valence-electron chi connectivity index (χ0n) is 14.7. The summed E-state index contributed by atoms with van der Waals surface area (Å²) in [7, 11) is 2.14. The maximum Gasteiger partial charge on any atom is 0.119 e. The molecule has 5 nitrogen and oxygen atoms in total. The second kappa shape index (κ2) is 8.44. The molecule has 0 N–H and O–H groups in total. The Labute approximate surface area is 148 Å². The minimum Gasteiger partial charge on any atom is -0.492 e. The van der Waals surface area contributed by atoms with Crippen molar-refractivity contribution in [3.05, 3.63) is 78.6 Å². The van der Waals surface area contributed by atoms with Gasteiger partial charge in [-0.3, -0.25) is 9.88 Å². The molecule has 5 heteroatoms. The lowest BCUT2D eigenvalue weighted by Crippen LogP contribution is -2.21. The highest BCUT2D eigenvalue weighted by molar-refractivity contribution is 5.27. The lowest BCUT2D eigenvalue weighted by Gasteiger charge is -2.25. The molecule has 0 aliphatic heterocycles. The highest BCUT2D eigenvalue weighted by Gasteiger charge is 2.11. The predicted molar refractivity (Wildman–Crippen MR) is 98.3 cm³/mol. The summed E-state index contributed by atoms with van der Waals surface area (Å²) in [6, 6.07) is 12.8. The number of hydrogen-bond donors (Lipinski definition) is 0. The van der Waals surface area contributed by atoms with Gasteiger partial charge in [0.05, 0.1) is 12.9 Å².